The summed E-state index contributed by atoms with van der Waals surface area (Å²) in [4.78, 5) is 12.4. The first kappa shape index (κ1) is 16.7. The van der Waals surface area contributed by atoms with Gasteiger partial charge in [0, 0.05) is 6.07 Å². The van der Waals surface area contributed by atoms with Crippen LogP contribution in [-0.4, -0.2) is 26.2 Å². The van der Waals surface area contributed by atoms with Gasteiger partial charge in [-0.15, -0.1) is 0 Å². The van der Waals surface area contributed by atoms with Crippen LogP contribution in [0.3, 0.4) is 0 Å². The first-order valence-electron chi connectivity index (χ1n) is 7.42. The smallest absolute Gasteiger partial charge is 0.265 e. The summed E-state index contributed by atoms with van der Waals surface area (Å²) in [6.45, 7) is 1.90. The number of rotatable bonds is 7. The monoisotopic (exact) mass is 315 g/mol. The Labute approximate surface area is 136 Å². The fourth-order valence-corrected chi connectivity index (χ4v) is 2.10. The third-order valence-electron chi connectivity index (χ3n) is 3.35. The van der Waals surface area contributed by atoms with Crippen LogP contribution in [-0.2, 0) is 4.79 Å². The number of nitrogens with one attached hydrogen (secondary N) is 1. The number of carbonyl (C=O) groups is 1. The molecule has 0 aliphatic carbocycles. The zero-order valence-corrected chi connectivity index (χ0v) is 13.5. The molecule has 1 atom stereocenters. The van der Waals surface area contributed by atoms with Gasteiger partial charge in [-0.1, -0.05) is 25.1 Å². The Morgan fingerprint density at radius 1 is 1.04 bits per heavy atom. The number of hydrogen-bond donors (Lipinski definition) is 1. The van der Waals surface area contributed by atoms with Gasteiger partial charge in [-0.05, 0) is 30.7 Å². The Bertz CT molecular complexity index is 643. The van der Waals surface area contributed by atoms with E-state index in [0.29, 0.717) is 29.4 Å². The number of amides is 1. The zero-order valence-electron chi connectivity index (χ0n) is 13.5. The highest BCUT2D eigenvalue weighted by atomic mass is 16.5. The number of ether oxygens (including phenoxy) is 3. The molecule has 2 aromatic rings. The third kappa shape index (κ3) is 4.39. The lowest BCUT2D eigenvalue weighted by molar-refractivity contribution is -0.122. The molecule has 0 saturated heterocycles. The van der Waals surface area contributed by atoms with E-state index in [4.69, 9.17) is 14.2 Å². The zero-order chi connectivity index (χ0) is 16.7. The highest BCUT2D eigenvalue weighted by Crippen LogP contribution is 2.29. The van der Waals surface area contributed by atoms with Gasteiger partial charge in [0.15, 0.2) is 6.10 Å². The SMILES string of the molecule is CC[C@H](Oc1ccccc1)C(=O)Nc1ccc(OC)cc1OC. The van der Waals surface area contributed by atoms with E-state index in [2.05, 4.69) is 5.32 Å². The molecule has 0 bridgehead atoms. The van der Waals surface area contributed by atoms with Crippen molar-refractivity contribution in [3.8, 4) is 17.2 Å². The number of carbonyl (C=O) groups excluding carboxylic acids is 1. The van der Waals surface area contributed by atoms with Crippen molar-refractivity contribution < 1.29 is 19.0 Å². The molecule has 1 N–H and O–H groups in total. The molecular weight excluding hydrogens is 294 g/mol. The minimum absolute atomic E-state index is 0.222. The Kier molecular flexibility index (Phi) is 5.86. The van der Waals surface area contributed by atoms with Crippen molar-refractivity contribution >= 4 is 11.6 Å². The molecule has 0 fully saturated rings. The number of para-hydroxylation sites is 1. The van der Waals surface area contributed by atoms with Crippen molar-refractivity contribution in [3.05, 3.63) is 48.5 Å². The van der Waals surface area contributed by atoms with Gasteiger partial charge in [0.1, 0.15) is 17.2 Å². The van der Waals surface area contributed by atoms with Crippen molar-refractivity contribution in [2.45, 2.75) is 19.4 Å². The molecule has 1 amide bonds. The van der Waals surface area contributed by atoms with E-state index >= 15 is 0 Å². The molecule has 0 radical (unpaired) electrons. The van der Waals surface area contributed by atoms with Crippen molar-refractivity contribution in [1.29, 1.82) is 0 Å². The Morgan fingerprint density at radius 3 is 2.39 bits per heavy atom. The van der Waals surface area contributed by atoms with Crippen LogP contribution in [0, 0.1) is 0 Å². The van der Waals surface area contributed by atoms with Gasteiger partial charge < -0.3 is 19.5 Å². The lowest BCUT2D eigenvalue weighted by Crippen LogP contribution is -2.32. The predicted molar refractivity (Wildman–Crippen MR) is 89.3 cm³/mol. The number of methoxy groups -OCH3 is 2. The third-order valence-corrected chi connectivity index (χ3v) is 3.35. The van der Waals surface area contributed by atoms with E-state index in [-0.39, 0.29) is 5.91 Å². The molecule has 5 heteroatoms. The summed E-state index contributed by atoms with van der Waals surface area (Å²) in [7, 11) is 3.12. The van der Waals surface area contributed by atoms with Crippen LogP contribution >= 0.6 is 0 Å². The molecule has 0 aromatic heterocycles. The summed E-state index contributed by atoms with van der Waals surface area (Å²) in [6, 6.07) is 14.5. The first-order valence-corrected chi connectivity index (χ1v) is 7.42. The minimum Gasteiger partial charge on any atom is -0.497 e. The number of benzene rings is 2. The minimum atomic E-state index is -0.579. The Hall–Kier alpha value is -2.69. The molecule has 0 saturated carbocycles. The van der Waals surface area contributed by atoms with Gasteiger partial charge in [0.2, 0.25) is 0 Å². The molecule has 0 aliphatic rings. The van der Waals surface area contributed by atoms with Crippen LogP contribution in [0.5, 0.6) is 17.2 Å². The van der Waals surface area contributed by atoms with E-state index in [0.717, 1.165) is 0 Å². The molecule has 0 heterocycles. The number of anilines is 1. The maximum Gasteiger partial charge on any atom is 0.265 e. The quantitative estimate of drug-likeness (QED) is 0.849. The average Bonchev–Trinajstić information content (AvgIpc) is 2.60. The molecule has 23 heavy (non-hydrogen) atoms. The van der Waals surface area contributed by atoms with E-state index in [1.807, 2.05) is 37.3 Å². The Morgan fingerprint density at radius 2 is 1.78 bits per heavy atom. The van der Waals surface area contributed by atoms with Gasteiger partial charge in [-0.25, -0.2) is 0 Å². The summed E-state index contributed by atoms with van der Waals surface area (Å²) in [5, 5.41) is 2.84. The lowest BCUT2D eigenvalue weighted by Gasteiger charge is -2.18. The summed E-state index contributed by atoms with van der Waals surface area (Å²) < 4.78 is 16.2. The summed E-state index contributed by atoms with van der Waals surface area (Å²) in [6.07, 6.45) is -0.0247. The fraction of sp³-hybridized carbons (Fsp3) is 0.278. The van der Waals surface area contributed by atoms with E-state index in [1.165, 1.54) is 0 Å². The highest BCUT2D eigenvalue weighted by molar-refractivity contribution is 5.95. The molecular formula is C18H21NO4. The molecule has 5 nitrogen and oxygen atoms in total. The summed E-state index contributed by atoms with van der Waals surface area (Å²) in [5.41, 5.74) is 0.577. The lowest BCUT2D eigenvalue weighted by atomic mass is 10.2. The summed E-state index contributed by atoms with van der Waals surface area (Å²) >= 11 is 0. The molecule has 2 rings (SSSR count). The largest absolute Gasteiger partial charge is 0.497 e. The molecule has 122 valence electrons. The Balaban J connectivity index is 2.10. The molecule has 0 unspecified atom stereocenters. The van der Waals surface area contributed by atoms with Crippen LogP contribution in [0.15, 0.2) is 48.5 Å². The maximum absolute atomic E-state index is 12.4. The number of hydrogen-bond acceptors (Lipinski definition) is 4. The fourth-order valence-electron chi connectivity index (χ4n) is 2.10. The second kappa shape index (κ2) is 8.08. The topological polar surface area (TPSA) is 56.8 Å². The standard InChI is InChI=1S/C18H21NO4/c1-4-16(23-13-8-6-5-7-9-13)18(20)19-15-11-10-14(21-2)12-17(15)22-3/h5-12,16H,4H2,1-3H3,(H,19,20)/t16-/m0/s1. The van der Waals surface area contributed by atoms with Gasteiger partial charge in [0.05, 0.1) is 19.9 Å². The van der Waals surface area contributed by atoms with Crippen molar-refractivity contribution in [2.75, 3.05) is 19.5 Å². The summed E-state index contributed by atoms with van der Waals surface area (Å²) in [5.74, 6) is 1.63. The maximum atomic E-state index is 12.4. The van der Waals surface area contributed by atoms with Crippen molar-refractivity contribution in [3.63, 3.8) is 0 Å². The van der Waals surface area contributed by atoms with Gasteiger partial charge in [-0.2, -0.15) is 0 Å². The first-order chi connectivity index (χ1) is 11.2. The van der Waals surface area contributed by atoms with E-state index < -0.39 is 6.10 Å². The van der Waals surface area contributed by atoms with Crippen LogP contribution < -0.4 is 19.5 Å². The molecule has 0 spiro atoms. The van der Waals surface area contributed by atoms with E-state index in [9.17, 15) is 4.79 Å². The van der Waals surface area contributed by atoms with Gasteiger partial charge >= 0.3 is 0 Å². The van der Waals surface area contributed by atoms with Crippen molar-refractivity contribution in [2.24, 2.45) is 0 Å². The van der Waals surface area contributed by atoms with Crippen LogP contribution in [0.1, 0.15) is 13.3 Å². The van der Waals surface area contributed by atoms with Gasteiger partial charge in [0.25, 0.3) is 5.91 Å². The van der Waals surface area contributed by atoms with E-state index in [1.54, 1.807) is 32.4 Å². The van der Waals surface area contributed by atoms with Crippen LogP contribution in [0.25, 0.3) is 0 Å². The predicted octanol–water partition coefficient (Wildman–Crippen LogP) is 3.50. The second-order valence-corrected chi connectivity index (χ2v) is 4.88. The molecule has 2 aromatic carbocycles. The molecule has 0 aliphatic heterocycles. The average molecular weight is 315 g/mol. The highest BCUT2D eigenvalue weighted by Gasteiger charge is 2.20. The van der Waals surface area contributed by atoms with Crippen molar-refractivity contribution in [1.82, 2.24) is 0 Å². The van der Waals surface area contributed by atoms with Crippen LogP contribution in [0.4, 0.5) is 5.69 Å². The van der Waals surface area contributed by atoms with Crippen LogP contribution in [0.2, 0.25) is 0 Å². The second-order valence-electron chi connectivity index (χ2n) is 4.88. The van der Waals surface area contributed by atoms with Gasteiger partial charge in [-0.3, -0.25) is 4.79 Å². The normalized spacial score (nSPS) is 11.4.